The number of hydrogen-bond acceptors (Lipinski definition) is 2. The fraction of sp³-hybridized carbons (Fsp3) is 0.195. The molecule has 1 fully saturated rings. The fourth-order valence-electron chi connectivity index (χ4n) is 8.47. The maximum atomic E-state index is 4.75. The van der Waals surface area contributed by atoms with E-state index < -0.39 is 0 Å². The van der Waals surface area contributed by atoms with Gasteiger partial charge in [-0.25, -0.2) is 0 Å². The number of allylic oxidation sites excluding steroid dienone is 4. The van der Waals surface area contributed by atoms with Crippen molar-refractivity contribution in [2.75, 3.05) is 4.90 Å². The Morgan fingerprint density at radius 2 is 1.66 bits per heavy atom. The van der Waals surface area contributed by atoms with Crippen molar-refractivity contribution in [1.82, 2.24) is 0 Å². The fourth-order valence-corrected chi connectivity index (χ4v) is 9.51. The minimum Gasteiger partial charge on any atom is -0.309 e. The molecule has 3 aliphatic rings. The highest BCUT2D eigenvalue weighted by atomic mass is 32.2. The van der Waals surface area contributed by atoms with Gasteiger partial charge in [0.1, 0.15) is 0 Å². The number of anilines is 2. The number of pyridine rings is 1. The highest BCUT2D eigenvalue weighted by molar-refractivity contribution is 8.03. The molecule has 0 radical (unpaired) electrons. The Kier molecular flexibility index (Phi) is 6.09. The van der Waals surface area contributed by atoms with E-state index >= 15 is 0 Å². The third-order valence-electron chi connectivity index (χ3n) is 10.4. The number of hydrogen-bond donors (Lipinski definition) is 0. The van der Waals surface area contributed by atoms with Crippen molar-refractivity contribution in [2.24, 2.45) is 0 Å². The second-order valence-electron chi connectivity index (χ2n) is 12.2. The predicted octanol–water partition coefficient (Wildman–Crippen LogP) is 10.8. The molecule has 1 aliphatic carbocycles. The molecule has 2 aliphatic heterocycles. The molecule has 5 aromatic rings. The van der Waals surface area contributed by atoms with Crippen molar-refractivity contribution < 1.29 is 4.57 Å². The lowest BCUT2D eigenvalue weighted by molar-refractivity contribution is -0.730. The van der Waals surface area contributed by atoms with E-state index in [9.17, 15) is 0 Å². The minimum atomic E-state index is -0.0789. The van der Waals surface area contributed by atoms with E-state index in [0.717, 1.165) is 12.8 Å². The van der Waals surface area contributed by atoms with Gasteiger partial charge in [0, 0.05) is 33.5 Å². The van der Waals surface area contributed by atoms with Crippen LogP contribution >= 0.6 is 11.8 Å². The Morgan fingerprint density at radius 3 is 2.43 bits per heavy atom. The summed E-state index contributed by atoms with van der Waals surface area (Å²) in [7, 11) is 0. The van der Waals surface area contributed by atoms with Gasteiger partial charge in [0.05, 0.1) is 27.7 Å². The molecular formula is C41H37N2S+. The second-order valence-corrected chi connectivity index (χ2v) is 13.5. The van der Waals surface area contributed by atoms with E-state index in [4.69, 9.17) is 6.58 Å². The number of rotatable bonds is 5. The number of nitrogens with zero attached hydrogens (tertiary/aromatic N) is 2. The van der Waals surface area contributed by atoms with E-state index in [1.54, 1.807) is 0 Å². The van der Waals surface area contributed by atoms with Crippen LogP contribution < -0.4 is 9.47 Å². The zero-order chi connectivity index (χ0) is 30.2. The summed E-state index contributed by atoms with van der Waals surface area (Å²) in [6.07, 6.45) is 8.81. The van der Waals surface area contributed by atoms with Gasteiger partial charge in [-0.3, -0.25) is 0 Å². The Labute approximate surface area is 265 Å². The Morgan fingerprint density at radius 1 is 0.864 bits per heavy atom. The van der Waals surface area contributed by atoms with Gasteiger partial charge in [-0.2, -0.15) is 4.57 Å². The molecule has 0 amide bonds. The molecule has 0 saturated heterocycles. The Hall–Kier alpha value is -4.34. The molecule has 8 rings (SSSR count). The monoisotopic (exact) mass is 589 g/mol. The van der Waals surface area contributed by atoms with Crippen molar-refractivity contribution in [2.45, 2.75) is 56.4 Å². The van der Waals surface area contributed by atoms with Gasteiger partial charge in [-0.1, -0.05) is 98.9 Å². The topological polar surface area (TPSA) is 7.12 Å². The summed E-state index contributed by atoms with van der Waals surface area (Å²) in [6, 6.07) is 36.0. The summed E-state index contributed by atoms with van der Waals surface area (Å²) in [6.45, 7) is 13.8. The van der Waals surface area contributed by atoms with Crippen LogP contribution in [0.5, 0.6) is 0 Å². The first-order valence-electron chi connectivity index (χ1n) is 15.8. The van der Waals surface area contributed by atoms with Gasteiger partial charge < -0.3 is 4.90 Å². The maximum Gasteiger partial charge on any atom is 0.221 e. The molecule has 0 spiro atoms. The third kappa shape index (κ3) is 3.42. The lowest BCUT2D eigenvalue weighted by Gasteiger charge is -2.35. The minimum absolute atomic E-state index is 0.0477. The number of thioether (sulfide) groups is 1. The summed E-state index contributed by atoms with van der Waals surface area (Å²) >= 11 is 1.87. The molecule has 4 aromatic carbocycles. The number of fused-ring (bicyclic) bond motifs is 9. The van der Waals surface area contributed by atoms with Gasteiger partial charge >= 0.3 is 0 Å². The molecule has 3 heteroatoms. The zero-order valence-electron chi connectivity index (χ0n) is 25.9. The van der Waals surface area contributed by atoms with Crippen molar-refractivity contribution in [3.05, 3.63) is 144 Å². The second kappa shape index (κ2) is 9.84. The van der Waals surface area contributed by atoms with Crippen LogP contribution in [0.25, 0.3) is 33.2 Å². The first-order chi connectivity index (χ1) is 21.5. The number of aromatic nitrogens is 1. The highest BCUT2D eigenvalue weighted by Gasteiger charge is 2.80. The third-order valence-corrected chi connectivity index (χ3v) is 11.5. The van der Waals surface area contributed by atoms with Crippen molar-refractivity contribution in [3.63, 3.8) is 0 Å². The maximum absolute atomic E-state index is 4.75. The molecule has 1 aromatic heterocycles. The highest BCUT2D eigenvalue weighted by Crippen LogP contribution is 2.71. The van der Waals surface area contributed by atoms with E-state index in [-0.39, 0.29) is 11.0 Å². The summed E-state index contributed by atoms with van der Waals surface area (Å²) in [5.74, 6) is 0. The molecule has 2 nitrogen and oxygen atoms in total. The molecule has 216 valence electrons. The first-order valence-corrected chi connectivity index (χ1v) is 16.6. The van der Waals surface area contributed by atoms with Gasteiger partial charge in [-0.05, 0) is 78.8 Å². The van der Waals surface area contributed by atoms with Crippen LogP contribution in [0.3, 0.4) is 0 Å². The van der Waals surface area contributed by atoms with Crippen LogP contribution in [-0.2, 0) is 11.0 Å². The largest absolute Gasteiger partial charge is 0.309 e. The Bertz CT molecular complexity index is 2070. The van der Waals surface area contributed by atoms with Crippen molar-refractivity contribution in [1.29, 1.82) is 0 Å². The smallest absolute Gasteiger partial charge is 0.221 e. The predicted molar refractivity (Wildman–Crippen MR) is 186 cm³/mol. The van der Waals surface area contributed by atoms with Crippen LogP contribution in [-0.4, -0.2) is 0 Å². The lowest BCUT2D eigenvalue weighted by Crippen LogP contribution is -2.54. The summed E-state index contributed by atoms with van der Waals surface area (Å²) in [5.41, 5.74) is 11.4. The standard InChI is InChI=1S/C41H37N2S/c1-6-14-36-27(4)44-38-25-31(29-15-10-9-11-16-29)19-22-37(38)43(36)32-20-21-35-34(26-32)39-33-18-13-12-17-30(33)23-24-42(39)41(8-3)28(5)40(35,41)7-2/h6,9-26H,5,7-8H2,1-4H3/q+1. The van der Waals surface area contributed by atoms with E-state index in [2.05, 4.69) is 153 Å². The van der Waals surface area contributed by atoms with Gasteiger partial charge in [0.15, 0.2) is 6.20 Å². The van der Waals surface area contributed by atoms with Gasteiger partial charge in [0.25, 0.3) is 0 Å². The molecule has 0 N–H and O–H groups in total. The molecular weight excluding hydrogens is 553 g/mol. The average Bonchev–Trinajstić information content (AvgIpc) is 3.63. The van der Waals surface area contributed by atoms with E-state index in [1.807, 2.05) is 11.8 Å². The number of benzene rings is 4. The summed E-state index contributed by atoms with van der Waals surface area (Å²) < 4.78 is 2.58. The Balaban J connectivity index is 1.38. The van der Waals surface area contributed by atoms with Crippen LogP contribution in [0.1, 0.15) is 46.1 Å². The lowest BCUT2D eigenvalue weighted by atomic mass is 9.78. The SMILES string of the molecule is C=C1C2(CC)c3ccc(N4C(C=CC)=C(C)Sc5cc(-c6ccccc6)ccc54)cc3-c3c4ccccc4cc[n+]3C12CC. The van der Waals surface area contributed by atoms with Crippen LogP contribution in [0, 0.1) is 0 Å². The molecule has 44 heavy (non-hydrogen) atoms. The van der Waals surface area contributed by atoms with Gasteiger partial charge in [0.2, 0.25) is 11.2 Å². The molecule has 1 saturated carbocycles. The van der Waals surface area contributed by atoms with Crippen molar-refractivity contribution in [3.8, 4) is 22.4 Å². The summed E-state index contributed by atoms with van der Waals surface area (Å²) in [5, 5.41) is 2.57. The molecule has 2 unspecified atom stereocenters. The normalized spacial score (nSPS) is 21.7. The molecule has 3 heterocycles. The van der Waals surface area contributed by atoms with E-state index in [0.29, 0.717) is 0 Å². The first kappa shape index (κ1) is 27.2. The van der Waals surface area contributed by atoms with Crippen LogP contribution in [0.15, 0.2) is 143 Å². The molecule has 0 bridgehead atoms. The summed E-state index contributed by atoms with van der Waals surface area (Å²) in [4.78, 5) is 5.04. The molecule has 2 atom stereocenters. The van der Waals surface area contributed by atoms with Crippen molar-refractivity contribution >= 4 is 33.9 Å². The van der Waals surface area contributed by atoms with Crippen LogP contribution in [0.2, 0.25) is 0 Å². The van der Waals surface area contributed by atoms with E-state index in [1.165, 1.54) is 71.2 Å². The van der Waals surface area contributed by atoms with Crippen LogP contribution in [0.4, 0.5) is 11.4 Å². The average molecular weight is 590 g/mol. The van der Waals surface area contributed by atoms with Gasteiger partial charge in [-0.15, -0.1) is 0 Å². The zero-order valence-corrected chi connectivity index (χ0v) is 26.7. The quantitative estimate of drug-likeness (QED) is 0.149.